The van der Waals surface area contributed by atoms with Crippen LogP contribution in [0.25, 0.3) is 55.2 Å². The minimum Gasteiger partial charge on any atom is -0.384 e. The number of nitrogens with two attached hydrogens (primary N) is 3. The molecule has 9 N–H and O–H groups in total. The molecule has 0 aliphatic heterocycles. The van der Waals surface area contributed by atoms with Gasteiger partial charge in [0.15, 0.2) is 29.5 Å². The van der Waals surface area contributed by atoms with Crippen molar-refractivity contribution < 1.29 is 39.9 Å². The summed E-state index contributed by atoms with van der Waals surface area (Å²) < 4.78 is 81.9. The zero-order valence-electron chi connectivity index (χ0n) is 54.4. The summed E-state index contributed by atoms with van der Waals surface area (Å²) >= 11 is 32.7. The van der Waals surface area contributed by atoms with Crippen LogP contribution >= 0.6 is 73.9 Å². The second-order valence-electron chi connectivity index (χ2n) is 22.4. The van der Waals surface area contributed by atoms with Crippen molar-refractivity contribution in [3.05, 3.63) is 307 Å². The lowest BCUT2D eigenvalue weighted by molar-refractivity contribution is 0.111. The Balaban J connectivity index is 0.000000134. The number of aliphatic hydroxyl groups excluding tert-OH is 1. The third kappa shape index (κ3) is 17.7. The van der Waals surface area contributed by atoms with Crippen LogP contribution in [0.15, 0.2) is 264 Å². The van der Waals surface area contributed by atoms with Gasteiger partial charge in [-0.1, -0.05) is 125 Å². The highest BCUT2D eigenvalue weighted by Crippen LogP contribution is 2.35. The predicted molar refractivity (Wildman–Crippen MR) is 415 cm³/mol. The van der Waals surface area contributed by atoms with Crippen molar-refractivity contribution in [2.45, 2.75) is 27.2 Å². The van der Waals surface area contributed by atoms with Crippen LogP contribution in [0.4, 0.5) is 17.5 Å². The van der Waals surface area contributed by atoms with Crippen LogP contribution < -0.4 is 17.2 Å². The van der Waals surface area contributed by atoms with Crippen LogP contribution in [0.1, 0.15) is 49.1 Å². The normalized spacial score (nSPS) is 11.6. The molecule has 3 aromatic carbocycles. The maximum atomic E-state index is 13.1. The summed E-state index contributed by atoms with van der Waals surface area (Å²) in [6, 6.07) is 44.9. The van der Waals surface area contributed by atoms with Crippen LogP contribution in [0.2, 0.25) is 25.1 Å². The molecular formula is C72H54BrCl5N16O9S3. The SMILES string of the molecule is Clc1cnc2[nH]ccc2c1.Nc1ccc(Br)cn1.Nc1ccc(C(O)c2cn(S(=O)(=O)c3ccccc3)c3ncc(Cl)cc23)cn1.Nc1ccc(Cc2cn(S(=O)(=O)c3ccccc3)c3ncc(Cl)cc23)cn1.O=Cc1c[nH]c2ncc(Cl)cc12.O=Cc1cn(S(=O)(=O)c2ccccc2)c2ncc(Cl)cc12. The average Bonchev–Trinajstić information content (AvgIpc) is 1.59. The smallest absolute Gasteiger partial charge is 0.269 e. The Hall–Kier alpha value is -11.0. The Morgan fingerprint density at radius 3 is 1.39 bits per heavy atom. The highest BCUT2D eigenvalue weighted by Gasteiger charge is 2.27. The maximum Gasteiger partial charge on any atom is 0.269 e. The fourth-order valence-electron chi connectivity index (χ4n) is 10.3. The topological polar surface area (TPSA) is 384 Å². The van der Waals surface area contributed by atoms with E-state index in [2.05, 4.69) is 65.8 Å². The van der Waals surface area contributed by atoms with E-state index in [4.69, 9.17) is 75.2 Å². The molecule has 25 nitrogen and oxygen atoms in total. The Labute approximate surface area is 637 Å². The van der Waals surface area contributed by atoms with E-state index in [0.717, 1.165) is 46.3 Å². The number of aliphatic hydroxyl groups is 1. The Kier molecular flexibility index (Phi) is 24.0. The molecule has 34 heteroatoms. The van der Waals surface area contributed by atoms with E-state index in [-0.39, 0.29) is 31.5 Å². The van der Waals surface area contributed by atoms with Gasteiger partial charge in [-0.2, -0.15) is 0 Å². The number of aldehydes is 2. The molecule has 16 aromatic rings. The Bertz CT molecular complexity index is 6170. The summed E-state index contributed by atoms with van der Waals surface area (Å²) in [5.74, 6) is 1.29. The van der Waals surface area contributed by atoms with Crippen molar-refractivity contribution >= 4 is 189 Å². The molecular weight excluding hydrogens is 1590 g/mol. The second-order valence-corrected chi connectivity index (χ2v) is 31.0. The van der Waals surface area contributed by atoms with E-state index in [1.54, 1.807) is 140 Å². The van der Waals surface area contributed by atoms with E-state index in [0.29, 0.717) is 99.4 Å². The zero-order valence-corrected chi connectivity index (χ0v) is 62.2. The summed E-state index contributed by atoms with van der Waals surface area (Å²) in [4.78, 5) is 60.3. The van der Waals surface area contributed by atoms with Crippen molar-refractivity contribution in [2.24, 2.45) is 0 Å². The molecule has 1 unspecified atom stereocenters. The Morgan fingerprint density at radius 2 is 0.887 bits per heavy atom. The molecule has 0 amide bonds. The number of nitrogen functional groups attached to an aromatic ring is 3. The number of anilines is 3. The van der Waals surface area contributed by atoms with Gasteiger partial charge in [-0.15, -0.1) is 0 Å². The fourth-order valence-corrected chi connectivity index (χ4v) is 15.4. The van der Waals surface area contributed by atoms with E-state index >= 15 is 0 Å². The van der Waals surface area contributed by atoms with Crippen molar-refractivity contribution in [1.82, 2.24) is 61.8 Å². The second kappa shape index (κ2) is 33.4. The summed E-state index contributed by atoms with van der Waals surface area (Å²) in [5.41, 5.74) is 22.1. The number of aromatic amines is 2. The molecule has 13 aromatic heterocycles. The predicted octanol–water partition coefficient (Wildman–Crippen LogP) is 14.9. The first-order valence-electron chi connectivity index (χ1n) is 30.8. The number of nitrogens with zero attached hydrogens (tertiary/aromatic N) is 11. The summed E-state index contributed by atoms with van der Waals surface area (Å²) in [5, 5.41) is 16.5. The monoisotopic (exact) mass is 1640 g/mol. The van der Waals surface area contributed by atoms with Gasteiger partial charge in [0, 0.05) is 141 Å². The molecule has 0 spiro atoms. The van der Waals surface area contributed by atoms with Gasteiger partial charge in [0.05, 0.1) is 39.8 Å². The first-order valence-corrected chi connectivity index (χ1v) is 37.8. The molecule has 0 bridgehead atoms. The number of hydrogen-bond donors (Lipinski definition) is 6. The van der Waals surface area contributed by atoms with E-state index in [1.807, 2.05) is 30.5 Å². The minimum atomic E-state index is -3.92. The number of benzene rings is 3. The number of hydrogen-bond acceptors (Lipinski definition) is 20. The van der Waals surface area contributed by atoms with Gasteiger partial charge in [-0.25, -0.2) is 77.0 Å². The highest BCUT2D eigenvalue weighted by atomic mass is 79.9. The van der Waals surface area contributed by atoms with E-state index in [9.17, 15) is 39.9 Å². The number of carbonyl (C=O) groups excluding carboxylic acids is 2. The van der Waals surface area contributed by atoms with Crippen LogP contribution in [0, 0.1) is 0 Å². The number of nitrogens with one attached hydrogen (secondary N) is 2. The Morgan fingerprint density at radius 1 is 0.443 bits per heavy atom. The van der Waals surface area contributed by atoms with Gasteiger partial charge in [0.25, 0.3) is 30.1 Å². The molecule has 0 fully saturated rings. The van der Waals surface area contributed by atoms with Crippen LogP contribution in [-0.2, 0) is 36.5 Å². The van der Waals surface area contributed by atoms with Crippen LogP contribution in [0.3, 0.4) is 0 Å². The van der Waals surface area contributed by atoms with E-state index < -0.39 is 36.2 Å². The number of H-pyrrole nitrogens is 2. The molecule has 0 aliphatic rings. The van der Waals surface area contributed by atoms with Crippen molar-refractivity contribution in [1.29, 1.82) is 0 Å². The molecule has 0 radical (unpaired) electrons. The number of rotatable bonds is 12. The number of fused-ring (bicyclic) bond motifs is 5. The molecule has 16 rings (SSSR count). The fraction of sp³-hybridized carbons (Fsp3) is 0.0278. The zero-order chi connectivity index (χ0) is 75.5. The molecule has 106 heavy (non-hydrogen) atoms. The molecule has 1 atom stereocenters. The summed E-state index contributed by atoms with van der Waals surface area (Å²) in [6.07, 6.45) is 20.4. The van der Waals surface area contributed by atoms with E-state index in [1.165, 1.54) is 77.7 Å². The molecule has 536 valence electrons. The third-order valence-electron chi connectivity index (χ3n) is 15.3. The number of aromatic nitrogens is 13. The first kappa shape index (κ1) is 76.2. The molecule has 0 saturated heterocycles. The van der Waals surface area contributed by atoms with Gasteiger partial charge < -0.3 is 32.3 Å². The summed E-state index contributed by atoms with van der Waals surface area (Å²) in [7, 11) is -11.5. The first-order chi connectivity index (χ1) is 50.8. The van der Waals surface area contributed by atoms with Gasteiger partial charge in [0.1, 0.15) is 34.9 Å². The minimum absolute atomic E-state index is 0.110. The lowest BCUT2D eigenvalue weighted by Crippen LogP contribution is -2.12. The van der Waals surface area contributed by atoms with Crippen molar-refractivity contribution in [2.75, 3.05) is 17.2 Å². The van der Waals surface area contributed by atoms with Gasteiger partial charge >= 0.3 is 0 Å². The largest absolute Gasteiger partial charge is 0.384 e. The highest BCUT2D eigenvalue weighted by molar-refractivity contribution is 9.10. The molecule has 0 aliphatic carbocycles. The average molecular weight is 1640 g/mol. The lowest BCUT2D eigenvalue weighted by atomic mass is 10.0. The molecule has 13 heterocycles. The van der Waals surface area contributed by atoms with Gasteiger partial charge in [-0.3, -0.25) is 9.59 Å². The quantitative estimate of drug-likeness (QED) is 0.0619. The standard InChI is InChI=1S/C19H15ClN4O3S.C19H15ClN4O2S.C14H9ClN2O3S.C8H5ClN2O.C7H5ClN2.C5H5BrN2/c20-13-8-15-16(18(25)12-6-7-17(21)22-9-12)11-24(19(15)23-10-13)28(26,27)14-4-2-1-3-5-14;20-15-9-17-14(8-13-6-7-18(21)22-10-13)12-24(19(17)23-11-15)27(25,26)16-4-2-1-3-5-16;15-11-6-13-10(9-18)8-17(14(13)16-7-11)21(19,20)12-4-2-1-3-5-12;9-6-1-7-5(4-12)2-10-8(7)11-3-6;8-6-3-5-1-2-9-7(5)10-4-6;6-4-1-2-5(7)8-3-4/h1-11,18,25H,(H2,21,22);1-7,9-12H,8H2,(H2,21,22);1-9H;1-4H,(H,10,11);1-4H,(H,9,10);1-3H,(H2,7,8). The number of carbonyl (C=O) groups is 2. The van der Waals surface area contributed by atoms with Crippen molar-refractivity contribution in [3.8, 4) is 0 Å². The maximum absolute atomic E-state index is 13.1. The lowest BCUT2D eigenvalue weighted by Gasteiger charge is -2.10. The summed E-state index contributed by atoms with van der Waals surface area (Å²) in [6.45, 7) is 0. The number of pyridine rings is 8. The van der Waals surface area contributed by atoms with Crippen LogP contribution in [0.5, 0.6) is 0 Å². The van der Waals surface area contributed by atoms with Gasteiger partial charge in [-0.05, 0) is 124 Å². The van der Waals surface area contributed by atoms with Crippen LogP contribution in [-0.4, -0.2) is 105 Å². The number of halogens is 6. The molecule has 0 saturated carbocycles. The third-order valence-corrected chi connectivity index (χ3v) is 21.8. The van der Waals surface area contributed by atoms with Gasteiger partial charge in [0.2, 0.25) is 0 Å². The van der Waals surface area contributed by atoms with Crippen molar-refractivity contribution in [3.63, 3.8) is 0 Å².